The van der Waals surface area contributed by atoms with Crippen LogP contribution in [0.4, 0.5) is 0 Å². The Hall–Kier alpha value is -2.53. The third kappa shape index (κ3) is 6.49. The fourth-order valence-corrected chi connectivity index (χ4v) is 3.39. The molecule has 2 aromatic carbocycles. The van der Waals surface area contributed by atoms with Crippen molar-refractivity contribution in [3.05, 3.63) is 64.7 Å². The van der Waals surface area contributed by atoms with Crippen LogP contribution in [-0.2, 0) is 22.6 Å². The minimum absolute atomic E-state index is 0.0467. The molecule has 6 heteroatoms. The van der Waals surface area contributed by atoms with E-state index in [2.05, 4.69) is 5.32 Å². The summed E-state index contributed by atoms with van der Waals surface area (Å²) in [5, 5.41) is 3.59. The van der Waals surface area contributed by atoms with Gasteiger partial charge in [-0.15, -0.1) is 0 Å². The monoisotopic (exact) mass is 430 g/mol. The molecule has 0 aliphatic carbocycles. The van der Waals surface area contributed by atoms with Gasteiger partial charge < -0.3 is 15.0 Å². The maximum Gasteiger partial charge on any atom is 0.243 e. The summed E-state index contributed by atoms with van der Waals surface area (Å²) >= 11 is 6.35. The van der Waals surface area contributed by atoms with Crippen molar-refractivity contribution >= 4 is 23.4 Å². The van der Waals surface area contributed by atoms with Crippen LogP contribution in [0.5, 0.6) is 5.75 Å². The minimum atomic E-state index is -0.568. The van der Waals surface area contributed by atoms with E-state index < -0.39 is 6.04 Å². The molecule has 2 rings (SSSR count). The Labute approximate surface area is 184 Å². The van der Waals surface area contributed by atoms with Gasteiger partial charge in [0.25, 0.3) is 0 Å². The maximum absolute atomic E-state index is 13.3. The zero-order chi connectivity index (χ0) is 22.1. The first-order valence-electron chi connectivity index (χ1n) is 10.4. The second-order valence-corrected chi connectivity index (χ2v) is 7.79. The standard InChI is InChI=1S/C24H31ClN2O3/c1-5-17(3)26-24(29)22(6-2)27(16-19-9-7-8-10-21(19)25)23(28)15-18-11-13-20(30-4)14-12-18/h7-14,17,22H,5-6,15-16H2,1-4H3,(H,26,29)/t17-,22+/m1/s1. The number of nitrogens with one attached hydrogen (secondary N) is 1. The van der Waals surface area contributed by atoms with E-state index in [0.717, 1.165) is 23.3 Å². The van der Waals surface area contributed by atoms with Crippen LogP contribution in [0.2, 0.25) is 5.02 Å². The molecule has 0 bridgehead atoms. The minimum Gasteiger partial charge on any atom is -0.497 e. The largest absolute Gasteiger partial charge is 0.497 e. The number of hydrogen-bond donors (Lipinski definition) is 1. The molecule has 30 heavy (non-hydrogen) atoms. The first-order chi connectivity index (χ1) is 14.4. The van der Waals surface area contributed by atoms with E-state index in [1.165, 1.54) is 0 Å². The average Bonchev–Trinajstić information content (AvgIpc) is 2.75. The number of amides is 2. The first kappa shape index (κ1) is 23.7. The van der Waals surface area contributed by atoms with Crippen LogP contribution in [0.25, 0.3) is 0 Å². The molecule has 0 saturated heterocycles. The van der Waals surface area contributed by atoms with Crippen LogP contribution in [0.3, 0.4) is 0 Å². The quantitative estimate of drug-likeness (QED) is 0.598. The Bertz CT molecular complexity index is 839. The van der Waals surface area contributed by atoms with Gasteiger partial charge in [0.05, 0.1) is 13.5 Å². The number of rotatable bonds is 10. The number of benzene rings is 2. The van der Waals surface area contributed by atoms with E-state index in [4.69, 9.17) is 16.3 Å². The topological polar surface area (TPSA) is 58.6 Å². The summed E-state index contributed by atoms with van der Waals surface area (Å²) < 4.78 is 5.19. The molecule has 2 amide bonds. The number of hydrogen-bond acceptors (Lipinski definition) is 3. The molecule has 0 saturated carbocycles. The molecule has 0 unspecified atom stereocenters. The molecule has 5 nitrogen and oxygen atoms in total. The number of methoxy groups -OCH3 is 1. The van der Waals surface area contributed by atoms with Crippen molar-refractivity contribution in [2.75, 3.05) is 7.11 Å². The Morgan fingerprint density at radius 2 is 1.73 bits per heavy atom. The molecule has 1 N–H and O–H groups in total. The lowest BCUT2D eigenvalue weighted by Crippen LogP contribution is -2.51. The van der Waals surface area contributed by atoms with Gasteiger partial charge in [0.1, 0.15) is 11.8 Å². The molecule has 0 spiro atoms. The van der Waals surface area contributed by atoms with Crippen LogP contribution in [0.15, 0.2) is 48.5 Å². The lowest BCUT2D eigenvalue weighted by atomic mass is 10.1. The SMILES string of the molecule is CC[C@@H](C)NC(=O)[C@H](CC)N(Cc1ccccc1Cl)C(=O)Cc1ccc(OC)cc1. The van der Waals surface area contributed by atoms with Crippen molar-refractivity contribution in [2.24, 2.45) is 0 Å². The Kier molecular flexibility index (Phi) is 9.18. The van der Waals surface area contributed by atoms with E-state index in [0.29, 0.717) is 11.4 Å². The highest BCUT2D eigenvalue weighted by Gasteiger charge is 2.29. The van der Waals surface area contributed by atoms with E-state index >= 15 is 0 Å². The summed E-state index contributed by atoms with van der Waals surface area (Å²) in [6.07, 6.45) is 1.54. The van der Waals surface area contributed by atoms with Gasteiger partial charge in [-0.1, -0.05) is 55.8 Å². The molecule has 2 atom stereocenters. The predicted octanol–water partition coefficient (Wildman–Crippen LogP) is 4.61. The second kappa shape index (κ2) is 11.6. The van der Waals surface area contributed by atoms with E-state index in [1.54, 1.807) is 18.1 Å². The first-order valence-corrected chi connectivity index (χ1v) is 10.7. The normalized spacial score (nSPS) is 12.7. The molecule has 0 fully saturated rings. The van der Waals surface area contributed by atoms with Crippen LogP contribution >= 0.6 is 11.6 Å². The number of carbonyl (C=O) groups is 2. The van der Waals surface area contributed by atoms with Gasteiger partial charge in [0.2, 0.25) is 11.8 Å². The highest BCUT2D eigenvalue weighted by atomic mass is 35.5. The van der Waals surface area contributed by atoms with Gasteiger partial charge in [-0.3, -0.25) is 9.59 Å². The molecule has 0 heterocycles. The van der Waals surface area contributed by atoms with Crippen molar-refractivity contribution in [1.29, 1.82) is 0 Å². The van der Waals surface area contributed by atoms with Crippen molar-refractivity contribution in [2.45, 2.75) is 58.7 Å². The zero-order valence-corrected chi connectivity index (χ0v) is 18.9. The molecule has 0 aliphatic heterocycles. The lowest BCUT2D eigenvalue weighted by molar-refractivity contribution is -0.141. The summed E-state index contributed by atoms with van der Waals surface area (Å²) in [5.74, 6) is 0.478. The van der Waals surface area contributed by atoms with Crippen LogP contribution in [0, 0.1) is 0 Å². The average molecular weight is 431 g/mol. The van der Waals surface area contributed by atoms with Crippen LogP contribution in [0.1, 0.15) is 44.7 Å². The smallest absolute Gasteiger partial charge is 0.243 e. The maximum atomic E-state index is 13.3. The fraction of sp³-hybridized carbons (Fsp3) is 0.417. The van der Waals surface area contributed by atoms with Gasteiger partial charge in [0.15, 0.2) is 0 Å². The van der Waals surface area contributed by atoms with E-state index in [-0.39, 0.29) is 30.8 Å². The Balaban J connectivity index is 2.29. The highest BCUT2D eigenvalue weighted by molar-refractivity contribution is 6.31. The molecular formula is C24H31ClN2O3. The number of halogens is 1. The van der Waals surface area contributed by atoms with Crippen molar-refractivity contribution < 1.29 is 14.3 Å². The summed E-state index contributed by atoms with van der Waals surface area (Å²) in [4.78, 5) is 27.9. The molecule has 0 aromatic heterocycles. The van der Waals surface area contributed by atoms with Gasteiger partial charge in [0, 0.05) is 17.6 Å². The second-order valence-electron chi connectivity index (χ2n) is 7.38. The number of carbonyl (C=O) groups excluding carboxylic acids is 2. The molecular weight excluding hydrogens is 400 g/mol. The zero-order valence-electron chi connectivity index (χ0n) is 18.2. The van der Waals surface area contributed by atoms with Gasteiger partial charge in [-0.2, -0.15) is 0 Å². The van der Waals surface area contributed by atoms with Gasteiger partial charge in [-0.25, -0.2) is 0 Å². The third-order valence-electron chi connectivity index (χ3n) is 5.20. The van der Waals surface area contributed by atoms with E-state index in [1.807, 2.05) is 63.2 Å². The summed E-state index contributed by atoms with van der Waals surface area (Å²) in [6, 6.07) is 14.3. The highest BCUT2D eigenvalue weighted by Crippen LogP contribution is 2.21. The Morgan fingerprint density at radius 1 is 1.07 bits per heavy atom. The number of nitrogens with zero attached hydrogens (tertiary/aromatic N) is 1. The fourth-order valence-electron chi connectivity index (χ4n) is 3.19. The van der Waals surface area contributed by atoms with Crippen molar-refractivity contribution in [3.63, 3.8) is 0 Å². The summed E-state index contributed by atoms with van der Waals surface area (Å²) in [7, 11) is 1.60. The Morgan fingerprint density at radius 3 is 2.30 bits per heavy atom. The lowest BCUT2D eigenvalue weighted by Gasteiger charge is -2.32. The predicted molar refractivity (Wildman–Crippen MR) is 121 cm³/mol. The van der Waals surface area contributed by atoms with Crippen LogP contribution in [-0.4, -0.2) is 35.9 Å². The van der Waals surface area contributed by atoms with Crippen molar-refractivity contribution in [3.8, 4) is 5.75 Å². The summed E-state index contributed by atoms with van der Waals surface area (Å²) in [6.45, 7) is 6.17. The van der Waals surface area contributed by atoms with Gasteiger partial charge >= 0.3 is 0 Å². The van der Waals surface area contributed by atoms with Crippen molar-refractivity contribution in [1.82, 2.24) is 10.2 Å². The van der Waals surface area contributed by atoms with Gasteiger partial charge in [-0.05, 0) is 49.1 Å². The third-order valence-corrected chi connectivity index (χ3v) is 5.57. The number of ether oxygens (including phenoxy) is 1. The summed E-state index contributed by atoms with van der Waals surface area (Å²) in [5.41, 5.74) is 1.68. The van der Waals surface area contributed by atoms with Crippen LogP contribution < -0.4 is 10.1 Å². The van der Waals surface area contributed by atoms with E-state index in [9.17, 15) is 9.59 Å². The molecule has 162 valence electrons. The molecule has 0 aliphatic rings. The molecule has 2 aromatic rings. The molecule has 0 radical (unpaired) electrons.